The van der Waals surface area contributed by atoms with Crippen molar-refractivity contribution in [1.82, 2.24) is 4.90 Å². The van der Waals surface area contributed by atoms with E-state index in [9.17, 15) is 18.3 Å². The first-order chi connectivity index (χ1) is 13.3. The summed E-state index contributed by atoms with van der Waals surface area (Å²) < 4.78 is 38.7. The van der Waals surface area contributed by atoms with Crippen LogP contribution in [0.5, 0.6) is 0 Å². The van der Waals surface area contributed by atoms with E-state index in [4.69, 9.17) is 0 Å². The Bertz CT molecular complexity index is 791. The van der Waals surface area contributed by atoms with E-state index in [1.807, 2.05) is 18.2 Å². The van der Waals surface area contributed by atoms with Gasteiger partial charge in [0.05, 0.1) is 11.2 Å². The Labute approximate surface area is 164 Å². The number of rotatable bonds is 5. The average molecular weight is 389 g/mol. The summed E-state index contributed by atoms with van der Waals surface area (Å²) in [5, 5.41) is 11.2. The first-order valence-corrected chi connectivity index (χ1v) is 10.0. The van der Waals surface area contributed by atoms with Crippen molar-refractivity contribution in [3.8, 4) is 0 Å². The largest absolute Gasteiger partial charge is 0.416 e. The predicted octanol–water partition coefficient (Wildman–Crippen LogP) is 5.20. The summed E-state index contributed by atoms with van der Waals surface area (Å²) in [5.41, 5.74) is 0.527. The first-order valence-electron chi connectivity index (χ1n) is 10.0. The molecular formula is C23H26F3NO. The molecule has 2 aliphatic heterocycles. The van der Waals surface area contributed by atoms with E-state index < -0.39 is 17.3 Å². The van der Waals surface area contributed by atoms with Crippen LogP contribution in [-0.2, 0) is 19.1 Å². The third kappa shape index (κ3) is 4.26. The molecule has 2 atom stereocenters. The summed E-state index contributed by atoms with van der Waals surface area (Å²) in [4.78, 5) is 2.51. The highest BCUT2D eigenvalue weighted by molar-refractivity contribution is 5.26. The van der Waals surface area contributed by atoms with Crippen LogP contribution in [0.15, 0.2) is 54.6 Å². The Kier molecular flexibility index (Phi) is 5.23. The predicted molar refractivity (Wildman–Crippen MR) is 103 cm³/mol. The van der Waals surface area contributed by atoms with Gasteiger partial charge in [-0.1, -0.05) is 48.5 Å². The van der Waals surface area contributed by atoms with Crippen LogP contribution in [0.4, 0.5) is 13.2 Å². The number of fused-ring (bicyclic) bond motifs is 2. The monoisotopic (exact) mass is 389 g/mol. The molecule has 2 unspecified atom stereocenters. The van der Waals surface area contributed by atoms with Crippen LogP contribution in [-0.4, -0.2) is 27.7 Å². The molecule has 0 radical (unpaired) electrons. The summed E-state index contributed by atoms with van der Waals surface area (Å²) in [6.45, 7) is 0.903. The second kappa shape index (κ2) is 7.53. The zero-order valence-corrected chi connectivity index (χ0v) is 15.8. The fourth-order valence-electron chi connectivity index (χ4n) is 4.95. The number of alkyl halides is 3. The third-order valence-electron chi connectivity index (χ3n) is 6.34. The Morgan fingerprint density at radius 2 is 1.57 bits per heavy atom. The van der Waals surface area contributed by atoms with Gasteiger partial charge in [-0.15, -0.1) is 0 Å². The van der Waals surface area contributed by atoms with Gasteiger partial charge in [-0.2, -0.15) is 13.2 Å². The van der Waals surface area contributed by atoms with Crippen molar-refractivity contribution in [2.45, 2.75) is 68.9 Å². The lowest BCUT2D eigenvalue weighted by Crippen LogP contribution is -2.50. The number of aryl methyl sites for hydroxylation is 1. The fourth-order valence-corrected chi connectivity index (χ4v) is 4.95. The summed E-state index contributed by atoms with van der Waals surface area (Å²) in [6, 6.07) is 16.6. The van der Waals surface area contributed by atoms with Gasteiger partial charge < -0.3 is 5.11 Å². The zero-order chi connectivity index (χ0) is 19.8. The van der Waals surface area contributed by atoms with Gasteiger partial charge in [0.2, 0.25) is 0 Å². The van der Waals surface area contributed by atoms with Crippen LogP contribution >= 0.6 is 0 Å². The Morgan fingerprint density at radius 1 is 0.929 bits per heavy atom. The van der Waals surface area contributed by atoms with E-state index in [0.717, 1.165) is 25.5 Å². The fraction of sp³-hybridized carbons (Fsp3) is 0.478. The van der Waals surface area contributed by atoms with Gasteiger partial charge in [0.15, 0.2) is 0 Å². The van der Waals surface area contributed by atoms with Crippen molar-refractivity contribution >= 4 is 0 Å². The van der Waals surface area contributed by atoms with Gasteiger partial charge in [-0.25, -0.2) is 0 Å². The second-order valence-electron chi connectivity index (χ2n) is 8.37. The minimum Gasteiger partial charge on any atom is -0.390 e. The summed E-state index contributed by atoms with van der Waals surface area (Å²) in [5.74, 6) is 0. The summed E-state index contributed by atoms with van der Waals surface area (Å²) >= 11 is 0. The van der Waals surface area contributed by atoms with Crippen LogP contribution in [0.25, 0.3) is 0 Å². The molecule has 0 amide bonds. The van der Waals surface area contributed by atoms with E-state index in [2.05, 4.69) is 17.0 Å². The van der Waals surface area contributed by atoms with Crippen molar-refractivity contribution < 1.29 is 18.3 Å². The molecule has 2 aromatic carbocycles. The molecule has 2 heterocycles. The molecule has 0 saturated carbocycles. The number of nitrogens with zero attached hydrogens (tertiary/aromatic N) is 1. The molecule has 1 N–H and O–H groups in total. The number of hydrogen-bond acceptors (Lipinski definition) is 2. The smallest absolute Gasteiger partial charge is 0.390 e. The molecule has 4 rings (SSSR count). The van der Waals surface area contributed by atoms with E-state index in [-0.39, 0.29) is 0 Å². The molecule has 5 heteroatoms. The standard InChI is InChI=1S/C23H26F3NO/c24-23(25,26)19-8-4-7-17(13-19)11-12-22(28)14-20-9-10-21(15-22)27(20)16-18-5-2-1-3-6-18/h1-8,13,20-21,28H,9-12,14-16H2. The van der Waals surface area contributed by atoms with Crippen LogP contribution in [0.2, 0.25) is 0 Å². The van der Waals surface area contributed by atoms with Crippen molar-refractivity contribution in [2.75, 3.05) is 0 Å². The summed E-state index contributed by atoms with van der Waals surface area (Å²) in [7, 11) is 0. The van der Waals surface area contributed by atoms with Crippen LogP contribution in [0.3, 0.4) is 0 Å². The molecule has 2 saturated heterocycles. The van der Waals surface area contributed by atoms with Crippen LogP contribution < -0.4 is 0 Å². The number of halogens is 3. The molecule has 150 valence electrons. The number of aliphatic hydroxyl groups is 1. The van der Waals surface area contributed by atoms with Gasteiger partial charge in [0.25, 0.3) is 0 Å². The van der Waals surface area contributed by atoms with Crippen molar-refractivity contribution in [1.29, 1.82) is 0 Å². The molecule has 2 bridgehead atoms. The zero-order valence-electron chi connectivity index (χ0n) is 15.8. The van der Waals surface area contributed by atoms with Gasteiger partial charge in [-0.3, -0.25) is 4.90 Å². The highest BCUT2D eigenvalue weighted by Crippen LogP contribution is 2.43. The van der Waals surface area contributed by atoms with Gasteiger partial charge in [0.1, 0.15) is 0 Å². The van der Waals surface area contributed by atoms with E-state index in [1.54, 1.807) is 6.07 Å². The topological polar surface area (TPSA) is 23.5 Å². The first kappa shape index (κ1) is 19.5. The minimum absolute atomic E-state index is 0.352. The van der Waals surface area contributed by atoms with Gasteiger partial charge in [0, 0.05) is 18.6 Å². The quantitative estimate of drug-likeness (QED) is 0.760. The SMILES string of the molecule is OC1(CCc2cccc(C(F)(F)F)c2)CC2CCC(C1)N2Cc1ccccc1. The molecule has 2 aliphatic rings. The normalized spacial score (nSPS) is 27.9. The maximum Gasteiger partial charge on any atom is 0.416 e. The van der Waals surface area contributed by atoms with Gasteiger partial charge >= 0.3 is 6.18 Å². The third-order valence-corrected chi connectivity index (χ3v) is 6.34. The second-order valence-corrected chi connectivity index (χ2v) is 8.37. The van der Waals surface area contributed by atoms with Crippen molar-refractivity contribution in [2.24, 2.45) is 0 Å². The Hall–Kier alpha value is -1.85. The molecule has 0 aliphatic carbocycles. The van der Waals surface area contributed by atoms with E-state index in [0.29, 0.717) is 43.3 Å². The Balaban J connectivity index is 1.39. The maximum absolute atomic E-state index is 12.9. The molecule has 0 spiro atoms. The highest BCUT2D eigenvalue weighted by Gasteiger charge is 2.47. The van der Waals surface area contributed by atoms with Crippen LogP contribution in [0.1, 0.15) is 48.8 Å². The average Bonchev–Trinajstić information content (AvgIpc) is 2.91. The lowest BCUT2D eigenvalue weighted by molar-refractivity contribution is -0.137. The van der Waals surface area contributed by atoms with Crippen molar-refractivity contribution in [3.05, 3.63) is 71.3 Å². The maximum atomic E-state index is 12.9. The lowest BCUT2D eigenvalue weighted by atomic mass is 9.81. The minimum atomic E-state index is -4.32. The number of piperidine rings is 1. The summed E-state index contributed by atoms with van der Waals surface area (Å²) in [6.07, 6.45) is 0.241. The molecule has 2 aromatic rings. The lowest BCUT2D eigenvalue weighted by Gasteiger charge is -2.44. The molecule has 2 fully saturated rings. The highest BCUT2D eigenvalue weighted by atomic mass is 19.4. The van der Waals surface area contributed by atoms with E-state index >= 15 is 0 Å². The molecule has 2 nitrogen and oxygen atoms in total. The van der Waals surface area contributed by atoms with Gasteiger partial charge in [-0.05, 0) is 55.7 Å². The molecule has 28 heavy (non-hydrogen) atoms. The van der Waals surface area contributed by atoms with E-state index in [1.165, 1.54) is 17.7 Å². The Morgan fingerprint density at radius 3 is 2.21 bits per heavy atom. The number of benzene rings is 2. The van der Waals surface area contributed by atoms with Crippen LogP contribution in [0, 0.1) is 0 Å². The van der Waals surface area contributed by atoms with Crippen molar-refractivity contribution in [3.63, 3.8) is 0 Å². The number of hydrogen-bond donors (Lipinski definition) is 1. The molecular weight excluding hydrogens is 363 g/mol. The molecule has 0 aromatic heterocycles.